The van der Waals surface area contributed by atoms with Gasteiger partial charge in [-0.1, -0.05) is 157 Å². The molecule has 0 radical (unpaired) electrons. The van der Waals surface area contributed by atoms with Crippen LogP contribution in [0.2, 0.25) is 0 Å². The first-order valence-electron chi connectivity index (χ1n) is 32.0. The molecular formula is C68H90Br2F3N9O6S6. The van der Waals surface area contributed by atoms with E-state index in [2.05, 4.69) is 134 Å². The van der Waals surface area contributed by atoms with Gasteiger partial charge in [-0.05, 0) is 177 Å². The molecule has 9 atom stereocenters. The third-order valence-electron chi connectivity index (χ3n) is 18.2. The Kier molecular flexibility index (Phi) is 27.7. The molecule has 1 aliphatic carbocycles. The van der Waals surface area contributed by atoms with Crippen LogP contribution < -0.4 is 21.3 Å². The topological polar surface area (TPSA) is 195 Å². The average molecular weight is 1540 g/mol. The summed E-state index contributed by atoms with van der Waals surface area (Å²) < 4.78 is 46.5. The summed E-state index contributed by atoms with van der Waals surface area (Å²) in [7, 11) is 1.61. The van der Waals surface area contributed by atoms with E-state index in [4.69, 9.17) is 9.73 Å². The number of urea groups is 1. The molecule has 4 aromatic rings. The maximum absolute atomic E-state index is 13.4. The minimum Gasteiger partial charge on any atom is -0.371 e. The second kappa shape index (κ2) is 33.7. The summed E-state index contributed by atoms with van der Waals surface area (Å²) in [5.74, 6) is 0.697. The molecule has 10 rings (SSSR count). The molecule has 6 amide bonds. The van der Waals surface area contributed by atoms with Crippen molar-refractivity contribution in [1.29, 1.82) is 0 Å². The highest BCUT2D eigenvalue weighted by atomic mass is 79.9. The van der Waals surface area contributed by atoms with Gasteiger partial charge in [0.2, 0.25) is 17.7 Å². The highest BCUT2D eigenvalue weighted by molar-refractivity contribution is 9.11. The van der Waals surface area contributed by atoms with Crippen LogP contribution in [-0.2, 0) is 36.7 Å². The maximum Gasteiger partial charge on any atom is 0.416 e. The van der Waals surface area contributed by atoms with Gasteiger partial charge >= 0.3 is 12.2 Å². The molecule has 5 fully saturated rings. The Labute approximate surface area is 595 Å². The van der Waals surface area contributed by atoms with Gasteiger partial charge in [0, 0.05) is 36.3 Å². The van der Waals surface area contributed by atoms with Crippen molar-refractivity contribution in [2.75, 3.05) is 20.1 Å². The van der Waals surface area contributed by atoms with Gasteiger partial charge in [-0.3, -0.25) is 34.2 Å². The van der Waals surface area contributed by atoms with Crippen molar-refractivity contribution in [3.63, 3.8) is 0 Å². The lowest BCUT2D eigenvalue weighted by atomic mass is 9.87. The SMILES string of the molecule is CC(C)C1(C)SC(=N[C@H]2CCCC[C@@H]2OCc2ccccc2)NC1=O.CC(C)[C@@]1(C)SC(=N[C@@H](C)c2ccc(Br)s2)NC1=O.CC(C)[C@]1(C)SC(=N[C@@H](C)c2ccc(Br)s2)NC1=O.CNC(=O)N1CCC(CC2(C)SC(C[C@@H](C)c3ccccc3C(F)(F)F)=NC2=O)CC1. The Morgan fingerprint density at radius 1 is 0.670 bits per heavy atom. The smallest absolute Gasteiger partial charge is 0.371 e. The summed E-state index contributed by atoms with van der Waals surface area (Å²) >= 11 is 16.3. The van der Waals surface area contributed by atoms with E-state index in [1.807, 2.05) is 71.9 Å². The van der Waals surface area contributed by atoms with E-state index in [1.54, 1.807) is 82.9 Å². The highest BCUT2D eigenvalue weighted by Gasteiger charge is 2.48. The minimum atomic E-state index is -4.41. The largest absolute Gasteiger partial charge is 0.416 e. The summed E-state index contributed by atoms with van der Waals surface area (Å²) in [5.41, 5.74) is 0.777. The van der Waals surface area contributed by atoms with Gasteiger partial charge in [-0.25, -0.2) is 9.79 Å². The van der Waals surface area contributed by atoms with Gasteiger partial charge in [-0.2, -0.15) is 13.2 Å². The highest BCUT2D eigenvalue weighted by Crippen LogP contribution is 2.46. The van der Waals surface area contributed by atoms with Gasteiger partial charge in [0.25, 0.3) is 5.91 Å². The summed E-state index contributed by atoms with van der Waals surface area (Å²) in [4.78, 5) is 83.4. The lowest BCUT2D eigenvalue weighted by Gasteiger charge is -2.34. The number of carbonyl (C=O) groups is 5. The predicted molar refractivity (Wildman–Crippen MR) is 394 cm³/mol. The van der Waals surface area contributed by atoms with Crippen molar-refractivity contribution in [3.05, 3.63) is 113 Å². The van der Waals surface area contributed by atoms with Gasteiger partial charge < -0.3 is 30.9 Å². The first kappa shape index (κ1) is 77.3. The third-order valence-corrected chi connectivity index (χ3v) is 27.5. The van der Waals surface area contributed by atoms with E-state index in [-0.39, 0.29) is 77.2 Å². The first-order chi connectivity index (χ1) is 44.2. The van der Waals surface area contributed by atoms with E-state index >= 15 is 0 Å². The summed E-state index contributed by atoms with van der Waals surface area (Å²) in [6.45, 7) is 28.0. The molecule has 0 spiro atoms. The monoisotopic (exact) mass is 1540 g/mol. The molecule has 6 aliphatic rings. The van der Waals surface area contributed by atoms with Crippen LogP contribution in [0.4, 0.5) is 18.0 Å². The number of hydrogen-bond donors (Lipinski definition) is 4. The van der Waals surface area contributed by atoms with Crippen molar-refractivity contribution in [3.8, 4) is 0 Å². The molecule has 5 aliphatic heterocycles. The van der Waals surface area contributed by atoms with Crippen molar-refractivity contribution >= 4 is 152 Å². The van der Waals surface area contributed by atoms with E-state index in [0.717, 1.165) is 54.8 Å². The van der Waals surface area contributed by atoms with Crippen LogP contribution in [0.5, 0.6) is 0 Å². The first-order valence-corrected chi connectivity index (χ1v) is 38.5. The molecule has 514 valence electrons. The van der Waals surface area contributed by atoms with Crippen molar-refractivity contribution < 1.29 is 41.9 Å². The van der Waals surface area contributed by atoms with Crippen LogP contribution in [0, 0.1) is 23.7 Å². The molecule has 15 nitrogen and oxygen atoms in total. The fourth-order valence-corrected chi connectivity index (χ4v) is 18.8. The number of amidine groups is 3. The number of hydrogen-bond acceptors (Lipinski definition) is 15. The number of halogens is 5. The zero-order chi connectivity index (χ0) is 69.1. The minimum absolute atomic E-state index is 0.0609. The molecular weight excluding hydrogens is 1450 g/mol. The van der Waals surface area contributed by atoms with Crippen molar-refractivity contribution in [2.24, 2.45) is 43.6 Å². The average Bonchev–Trinajstić information content (AvgIpc) is 1.64. The van der Waals surface area contributed by atoms with Crippen LogP contribution in [-0.4, -0.2) is 106 Å². The number of ether oxygens (including phenoxy) is 1. The second-order valence-corrected chi connectivity index (χ2v) is 37.0. The summed E-state index contributed by atoms with van der Waals surface area (Å²) in [6, 6.07) is 24.2. The van der Waals surface area contributed by atoms with Crippen LogP contribution in [0.15, 0.2) is 106 Å². The molecule has 26 heteroatoms. The third kappa shape index (κ3) is 20.1. The zero-order valence-corrected chi connectivity index (χ0v) is 64.1. The molecule has 1 saturated carbocycles. The Hall–Kier alpha value is -4.02. The number of nitrogens with zero attached hydrogens (tertiary/aromatic N) is 5. The van der Waals surface area contributed by atoms with Gasteiger partial charge in [-0.15, -0.1) is 22.7 Å². The number of thioether (sulfide) groups is 4. The van der Waals surface area contributed by atoms with Crippen LogP contribution in [0.25, 0.3) is 0 Å². The van der Waals surface area contributed by atoms with E-state index in [1.165, 1.54) is 52.1 Å². The molecule has 2 aromatic heterocycles. The molecule has 4 N–H and O–H groups in total. The number of benzene rings is 2. The number of amides is 6. The Morgan fingerprint density at radius 2 is 1.15 bits per heavy atom. The fourth-order valence-electron chi connectivity index (χ4n) is 11.1. The quantitative estimate of drug-likeness (QED) is 0.0838. The number of thiophene rings is 2. The van der Waals surface area contributed by atoms with E-state index in [9.17, 15) is 37.1 Å². The zero-order valence-electron chi connectivity index (χ0n) is 56.0. The van der Waals surface area contributed by atoms with Gasteiger partial charge in [0.05, 0.1) is 49.0 Å². The van der Waals surface area contributed by atoms with Gasteiger partial charge in [0.15, 0.2) is 15.5 Å². The number of carbonyl (C=O) groups excluding carboxylic acids is 5. The van der Waals surface area contributed by atoms with Crippen LogP contribution in [0.1, 0.15) is 186 Å². The molecule has 2 unspecified atom stereocenters. The summed E-state index contributed by atoms with van der Waals surface area (Å²) in [6.07, 6.45) is 2.73. The summed E-state index contributed by atoms with van der Waals surface area (Å²) in [5, 5.41) is 14.2. The fraction of sp³-hybridized carbons (Fsp3) is 0.574. The second-order valence-electron chi connectivity index (χ2n) is 26.1. The number of alkyl halides is 3. The van der Waals surface area contributed by atoms with E-state index in [0.29, 0.717) is 43.5 Å². The molecule has 94 heavy (non-hydrogen) atoms. The number of piperidine rings is 1. The van der Waals surface area contributed by atoms with Crippen molar-refractivity contribution in [2.45, 2.75) is 203 Å². The number of likely N-dealkylation sites (tertiary alicyclic amines) is 1. The number of nitrogens with one attached hydrogen (secondary N) is 4. The molecule has 0 bridgehead atoms. The standard InChI is InChI=1S/C22H28F3N3O2S.C20H28N2O2S.2C13H17BrN2OS2/c1-14(16-6-4-5-7-17(16)22(23,24)25)12-18-27-19(29)21(2,31-18)13-15-8-10-28(11-9-15)20(30)26-3;1-14(2)20(3)18(23)22-19(25-20)21-16-11-7-8-12-17(16)24-13-15-9-5-4-6-10-15;2*1-7(2)13(4)11(17)16-12(19-13)15-8(3)9-5-6-10(14)18-9/h4-7,14-15H,8-13H2,1-3H3,(H,26,30);4-6,9-10,14,16-17H,7-8,11-13H2,1-3H3,(H,21,22,23);2*5-8H,1-4H3,(H,15,16,17)/t14-,21?;16-,17-,20?;8-,13+;8-,13-/m1000/s1. The Balaban J connectivity index is 0.000000181. The maximum atomic E-state index is 13.4. The van der Waals surface area contributed by atoms with E-state index < -0.39 is 36.6 Å². The lowest BCUT2D eigenvalue weighted by Crippen LogP contribution is -2.44. The Morgan fingerprint density at radius 3 is 1.62 bits per heavy atom. The van der Waals surface area contributed by atoms with Gasteiger partial charge in [0.1, 0.15) is 19.0 Å². The van der Waals surface area contributed by atoms with Crippen molar-refractivity contribution in [1.82, 2.24) is 26.2 Å². The normalized spacial score (nSPS) is 27.1. The molecule has 2 aromatic carbocycles. The molecule has 4 saturated heterocycles. The van der Waals surface area contributed by atoms with Crippen LogP contribution >= 0.6 is 102 Å². The number of aliphatic imine (C=N–C) groups is 4. The number of rotatable bonds is 16. The molecule has 7 heterocycles. The van der Waals surface area contributed by atoms with Crippen LogP contribution in [0.3, 0.4) is 0 Å². The lowest BCUT2D eigenvalue weighted by molar-refractivity contribution is -0.138. The Bertz CT molecular complexity index is 3340. The predicted octanol–water partition coefficient (Wildman–Crippen LogP) is 17.6.